The number of hydrogen-bond donors (Lipinski definition) is 1. The van der Waals surface area contributed by atoms with Gasteiger partial charge in [0.1, 0.15) is 0 Å². The molecule has 4 rings (SSSR count). The lowest BCUT2D eigenvalue weighted by Gasteiger charge is -2.38. The Balaban J connectivity index is 1.36. The van der Waals surface area contributed by atoms with E-state index in [1.807, 2.05) is 6.07 Å². The summed E-state index contributed by atoms with van der Waals surface area (Å²) in [5.74, 6) is 0. The van der Waals surface area contributed by atoms with Gasteiger partial charge in [-0.3, -0.25) is 9.69 Å². The van der Waals surface area contributed by atoms with Crippen molar-refractivity contribution >= 4 is 0 Å². The van der Waals surface area contributed by atoms with Crippen LogP contribution in [0.1, 0.15) is 62.6 Å². The predicted octanol–water partition coefficient (Wildman–Crippen LogP) is 2.12. The summed E-state index contributed by atoms with van der Waals surface area (Å²) in [5, 5.41) is 8.42. The summed E-state index contributed by atoms with van der Waals surface area (Å²) < 4.78 is 1.72. The highest BCUT2D eigenvalue weighted by atomic mass is 16.1. The maximum absolute atomic E-state index is 12.4. The van der Waals surface area contributed by atoms with Crippen LogP contribution in [0.5, 0.6) is 0 Å². The number of piperidine rings is 1. The Hall–Kier alpha value is -1.20. The van der Waals surface area contributed by atoms with Crippen molar-refractivity contribution in [1.29, 1.82) is 0 Å². The largest absolute Gasteiger partial charge is 0.312 e. The number of aromatic nitrogens is 2. The van der Waals surface area contributed by atoms with E-state index in [4.69, 9.17) is 0 Å². The van der Waals surface area contributed by atoms with E-state index >= 15 is 0 Å². The minimum absolute atomic E-state index is 0.0850. The zero-order valence-electron chi connectivity index (χ0n) is 15.4. The van der Waals surface area contributed by atoms with Gasteiger partial charge in [0, 0.05) is 31.2 Å². The fraction of sp³-hybridized carbons (Fsp3) is 0.800. The highest BCUT2D eigenvalue weighted by molar-refractivity contribution is 5.20. The van der Waals surface area contributed by atoms with Crippen LogP contribution in [0.3, 0.4) is 0 Å². The number of nitrogens with zero attached hydrogens (tertiary/aromatic N) is 3. The second-order valence-electron chi connectivity index (χ2n) is 8.11. The normalized spacial score (nSPS) is 24.7. The molecule has 2 aliphatic carbocycles. The van der Waals surface area contributed by atoms with Crippen LogP contribution < -0.4 is 10.9 Å². The molecule has 1 unspecified atom stereocenters. The molecule has 0 aromatic carbocycles. The standard InChI is InChI=1S/C20H32N4O/c25-20-14-16-6-1-2-10-19(16)22-24(20)13-12-23-11-4-3-9-18(23)15-21-17-7-5-8-17/h14,17-18,21H,1-13,15H2. The van der Waals surface area contributed by atoms with Crippen molar-refractivity contribution in [1.82, 2.24) is 20.0 Å². The average molecular weight is 345 g/mol. The van der Waals surface area contributed by atoms with Gasteiger partial charge in [0.05, 0.1) is 12.2 Å². The van der Waals surface area contributed by atoms with Crippen molar-refractivity contribution in [3.8, 4) is 0 Å². The molecule has 1 atom stereocenters. The molecule has 2 heterocycles. The maximum Gasteiger partial charge on any atom is 0.267 e. The van der Waals surface area contributed by atoms with E-state index in [1.54, 1.807) is 4.68 Å². The first kappa shape index (κ1) is 17.2. The van der Waals surface area contributed by atoms with Crippen molar-refractivity contribution in [3.63, 3.8) is 0 Å². The maximum atomic E-state index is 12.4. The molecule has 0 spiro atoms. The molecule has 1 aromatic rings. The van der Waals surface area contributed by atoms with Gasteiger partial charge >= 0.3 is 0 Å². The zero-order chi connectivity index (χ0) is 17.1. The Morgan fingerprint density at radius 2 is 1.92 bits per heavy atom. The molecule has 3 aliphatic rings. The molecule has 1 aliphatic heterocycles. The molecule has 5 nitrogen and oxygen atoms in total. The molecule has 1 saturated carbocycles. The van der Waals surface area contributed by atoms with Gasteiger partial charge in [-0.25, -0.2) is 4.68 Å². The lowest BCUT2D eigenvalue weighted by Crippen LogP contribution is -2.50. The number of fused-ring (bicyclic) bond motifs is 1. The van der Waals surface area contributed by atoms with E-state index in [9.17, 15) is 4.79 Å². The van der Waals surface area contributed by atoms with Crippen molar-refractivity contribution in [2.45, 2.75) is 82.8 Å². The second-order valence-corrected chi connectivity index (χ2v) is 8.11. The van der Waals surface area contributed by atoms with E-state index < -0.39 is 0 Å². The molecule has 1 aromatic heterocycles. The molecular formula is C20H32N4O. The van der Waals surface area contributed by atoms with Gasteiger partial charge in [-0.1, -0.05) is 12.8 Å². The van der Waals surface area contributed by atoms with E-state index in [1.165, 1.54) is 56.9 Å². The summed E-state index contributed by atoms with van der Waals surface area (Å²) in [6.45, 7) is 3.95. The van der Waals surface area contributed by atoms with Crippen LogP contribution in [0.2, 0.25) is 0 Å². The third-order valence-electron chi connectivity index (χ3n) is 6.37. The molecule has 25 heavy (non-hydrogen) atoms. The Morgan fingerprint density at radius 1 is 1.04 bits per heavy atom. The molecule has 2 fully saturated rings. The number of aryl methyl sites for hydroxylation is 2. The van der Waals surface area contributed by atoms with E-state index in [2.05, 4.69) is 15.3 Å². The highest BCUT2D eigenvalue weighted by Gasteiger charge is 2.25. The van der Waals surface area contributed by atoms with Crippen LogP contribution in [0, 0.1) is 0 Å². The number of nitrogens with one attached hydrogen (secondary N) is 1. The van der Waals surface area contributed by atoms with Gasteiger partial charge < -0.3 is 5.32 Å². The monoisotopic (exact) mass is 344 g/mol. The van der Waals surface area contributed by atoms with E-state index in [-0.39, 0.29) is 5.56 Å². The quantitative estimate of drug-likeness (QED) is 0.859. The van der Waals surface area contributed by atoms with Crippen molar-refractivity contribution in [2.75, 3.05) is 19.6 Å². The van der Waals surface area contributed by atoms with Crippen LogP contribution in [0.15, 0.2) is 10.9 Å². The van der Waals surface area contributed by atoms with E-state index in [0.717, 1.165) is 50.8 Å². The minimum atomic E-state index is 0.0850. The third-order valence-corrected chi connectivity index (χ3v) is 6.37. The van der Waals surface area contributed by atoms with Gasteiger partial charge in [-0.2, -0.15) is 5.10 Å². The number of rotatable bonds is 6. The number of likely N-dealkylation sites (tertiary alicyclic amines) is 1. The molecule has 138 valence electrons. The lowest BCUT2D eigenvalue weighted by atomic mass is 9.92. The summed E-state index contributed by atoms with van der Waals surface area (Å²) in [5.41, 5.74) is 2.43. The Bertz CT molecular complexity index is 637. The first-order valence-corrected chi connectivity index (χ1v) is 10.4. The molecule has 0 bridgehead atoms. The molecule has 0 amide bonds. The number of hydrogen-bond acceptors (Lipinski definition) is 4. The first-order valence-electron chi connectivity index (χ1n) is 10.4. The summed E-state index contributed by atoms with van der Waals surface area (Å²) in [4.78, 5) is 15.0. The van der Waals surface area contributed by atoms with Gasteiger partial charge in [0.2, 0.25) is 0 Å². The lowest BCUT2D eigenvalue weighted by molar-refractivity contribution is 0.131. The Morgan fingerprint density at radius 3 is 2.76 bits per heavy atom. The minimum Gasteiger partial charge on any atom is -0.312 e. The van der Waals surface area contributed by atoms with Crippen molar-refractivity contribution in [3.05, 3.63) is 27.7 Å². The molecular weight excluding hydrogens is 312 g/mol. The zero-order valence-corrected chi connectivity index (χ0v) is 15.4. The molecule has 5 heteroatoms. The fourth-order valence-electron chi connectivity index (χ4n) is 4.48. The SMILES string of the molecule is O=c1cc2c(nn1CCN1CCCCC1CNC1CCC1)CCCC2. The van der Waals surface area contributed by atoms with Gasteiger partial charge in [-0.05, 0) is 63.5 Å². The Kier molecular flexibility index (Phi) is 5.51. The van der Waals surface area contributed by atoms with Crippen LogP contribution in [-0.2, 0) is 19.4 Å². The summed E-state index contributed by atoms with van der Waals surface area (Å²) >= 11 is 0. The van der Waals surface area contributed by atoms with Crippen molar-refractivity contribution < 1.29 is 0 Å². The Labute approximate surface area is 150 Å². The van der Waals surface area contributed by atoms with E-state index in [0.29, 0.717) is 6.04 Å². The summed E-state index contributed by atoms with van der Waals surface area (Å²) in [6, 6.07) is 3.23. The highest BCUT2D eigenvalue weighted by Crippen LogP contribution is 2.21. The van der Waals surface area contributed by atoms with Crippen LogP contribution >= 0.6 is 0 Å². The molecule has 0 radical (unpaired) electrons. The van der Waals surface area contributed by atoms with Gasteiger partial charge in [0.25, 0.3) is 5.56 Å². The third kappa shape index (κ3) is 4.14. The van der Waals surface area contributed by atoms with Crippen LogP contribution in [0.4, 0.5) is 0 Å². The molecule has 1 N–H and O–H groups in total. The average Bonchev–Trinajstić information content (AvgIpc) is 2.59. The van der Waals surface area contributed by atoms with Crippen LogP contribution in [0.25, 0.3) is 0 Å². The molecule has 1 saturated heterocycles. The smallest absolute Gasteiger partial charge is 0.267 e. The van der Waals surface area contributed by atoms with Gasteiger partial charge in [-0.15, -0.1) is 0 Å². The van der Waals surface area contributed by atoms with Crippen LogP contribution in [-0.4, -0.2) is 46.4 Å². The second kappa shape index (κ2) is 8.00. The summed E-state index contributed by atoms with van der Waals surface area (Å²) in [7, 11) is 0. The summed E-state index contributed by atoms with van der Waals surface area (Å²) in [6.07, 6.45) is 12.5. The fourth-order valence-corrected chi connectivity index (χ4v) is 4.48. The predicted molar refractivity (Wildman–Crippen MR) is 100.0 cm³/mol. The topological polar surface area (TPSA) is 50.2 Å². The van der Waals surface area contributed by atoms with Gasteiger partial charge in [0.15, 0.2) is 0 Å². The van der Waals surface area contributed by atoms with Crippen molar-refractivity contribution in [2.24, 2.45) is 0 Å². The first-order chi connectivity index (χ1) is 12.3.